The minimum atomic E-state index is -4.66. The summed E-state index contributed by atoms with van der Waals surface area (Å²) >= 11 is 0. The molecule has 7 nitrogen and oxygen atoms in total. The van der Waals surface area contributed by atoms with Crippen molar-refractivity contribution in [1.29, 1.82) is 0 Å². The number of rotatable bonds is 5. The number of aliphatic imine (C=N–C) groups is 1. The molecule has 1 rings (SSSR count). The highest BCUT2D eigenvalue weighted by molar-refractivity contribution is 5.79. The fourth-order valence-corrected chi connectivity index (χ4v) is 1.08. The van der Waals surface area contributed by atoms with E-state index in [4.69, 9.17) is 5.73 Å². The van der Waals surface area contributed by atoms with Crippen molar-refractivity contribution in [3.8, 4) is 5.75 Å². The molecule has 110 valence electrons. The molecule has 0 aliphatic rings. The molecule has 0 aliphatic carbocycles. The molecule has 0 radical (unpaired) electrons. The molecule has 3 N–H and O–H groups in total. The Hall–Kier alpha value is -2.59. The summed E-state index contributed by atoms with van der Waals surface area (Å²) in [5.41, 5.74) is 6.54. The van der Waals surface area contributed by atoms with Gasteiger partial charge >= 0.3 is 12.5 Å². The van der Waals surface area contributed by atoms with Crippen LogP contribution in [0.3, 0.4) is 0 Å². The number of benzene rings is 1. The molecule has 0 spiro atoms. The van der Waals surface area contributed by atoms with Gasteiger partial charge in [0.1, 0.15) is 5.75 Å². The predicted octanol–water partition coefficient (Wildman–Crippen LogP) is 1.65. The van der Waals surface area contributed by atoms with E-state index < -0.39 is 29.3 Å². The Kier molecular flexibility index (Phi) is 4.67. The minimum absolute atomic E-state index is 0.0978. The van der Waals surface area contributed by atoms with Crippen LogP contribution < -0.4 is 15.9 Å². The van der Waals surface area contributed by atoms with Gasteiger partial charge in [-0.15, -0.1) is 0 Å². The molecular formula is C9H8F4N4O3. The maximum absolute atomic E-state index is 12.7. The Morgan fingerprint density at radius 1 is 1.50 bits per heavy atom. The third-order valence-electron chi connectivity index (χ3n) is 1.78. The second-order valence-electron chi connectivity index (χ2n) is 3.33. The van der Waals surface area contributed by atoms with Crippen molar-refractivity contribution in [2.45, 2.75) is 12.5 Å². The lowest BCUT2D eigenvalue weighted by molar-refractivity contribution is -0.525. The monoisotopic (exact) mass is 296 g/mol. The number of halogens is 4. The van der Waals surface area contributed by atoms with Crippen LogP contribution in [0.4, 0.5) is 23.2 Å². The highest BCUT2D eigenvalue weighted by atomic mass is 19.3. The van der Waals surface area contributed by atoms with Crippen LogP contribution in [0.25, 0.3) is 0 Å². The fraction of sp³-hybridized carbons (Fsp3) is 0.222. The smallest absolute Gasteiger partial charge is 0.428 e. The van der Waals surface area contributed by atoms with Crippen LogP contribution in [-0.4, -0.2) is 23.5 Å². The van der Waals surface area contributed by atoms with Crippen molar-refractivity contribution in [3.63, 3.8) is 0 Å². The molecule has 0 aromatic heterocycles. The van der Waals surface area contributed by atoms with E-state index in [-0.39, 0.29) is 5.69 Å². The Labute approximate surface area is 109 Å². The zero-order chi connectivity index (χ0) is 15.3. The summed E-state index contributed by atoms with van der Waals surface area (Å²) in [7, 11) is 0. The number of nitro groups is 1. The number of nitrogens with one attached hydrogen (secondary N) is 1. The van der Waals surface area contributed by atoms with Crippen molar-refractivity contribution in [1.82, 2.24) is 5.43 Å². The Balaban J connectivity index is 2.89. The number of nitrogens with two attached hydrogens (primary N) is 1. The van der Waals surface area contributed by atoms with Crippen LogP contribution in [0.5, 0.6) is 5.75 Å². The average Bonchev–Trinajstić information content (AvgIpc) is 2.26. The van der Waals surface area contributed by atoms with E-state index in [1.807, 2.05) is 0 Å². The maximum Gasteiger partial charge on any atom is 0.461 e. The summed E-state index contributed by atoms with van der Waals surface area (Å²) in [6.07, 6.45) is -8.66. The van der Waals surface area contributed by atoms with Crippen LogP contribution in [0.2, 0.25) is 0 Å². The Morgan fingerprint density at radius 2 is 2.15 bits per heavy atom. The second kappa shape index (κ2) is 6.04. The van der Waals surface area contributed by atoms with Gasteiger partial charge in [-0.1, -0.05) is 11.5 Å². The fourth-order valence-electron chi connectivity index (χ4n) is 1.08. The number of ether oxygens (including phenoxy) is 1. The van der Waals surface area contributed by atoms with Crippen LogP contribution in [0.1, 0.15) is 0 Å². The highest BCUT2D eigenvalue weighted by Gasteiger charge is 2.43. The number of hydrogen-bond donors (Lipinski definition) is 2. The van der Waals surface area contributed by atoms with Crippen LogP contribution in [0, 0.1) is 10.1 Å². The molecule has 11 heteroatoms. The summed E-state index contributed by atoms with van der Waals surface area (Å²) in [5.74, 6) is -1.21. The van der Waals surface area contributed by atoms with Gasteiger partial charge in [-0.3, -0.25) is 0 Å². The topological polar surface area (TPSA) is 103 Å². The number of guanidine groups is 1. The third-order valence-corrected chi connectivity index (χ3v) is 1.78. The lowest BCUT2D eigenvalue weighted by atomic mass is 10.3. The van der Waals surface area contributed by atoms with Gasteiger partial charge in [0, 0.05) is 6.07 Å². The molecule has 20 heavy (non-hydrogen) atoms. The second-order valence-corrected chi connectivity index (χ2v) is 3.33. The van der Waals surface area contributed by atoms with Gasteiger partial charge in [0.2, 0.25) is 0 Å². The van der Waals surface area contributed by atoms with Gasteiger partial charge in [0.25, 0.3) is 5.96 Å². The molecule has 0 amide bonds. The maximum atomic E-state index is 12.7. The molecule has 0 heterocycles. The standard InChI is InChI=1S/C9H8F4N4O3/c10-7(11)9(12,13)20-6-3-1-2-5(4-6)15-8(14)16-17(18)19/h1-4,7H,(H3,14,15,16). The minimum Gasteiger partial charge on any atom is -0.428 e. The van der Waals surface area contributed by atoms with Crippen molar-refractivity contribution in [3.05, 3.63) is 34.4 Å². The lowest BCUT2D eigenvalue weighted by Crippen LogP contribution is -2.35. The van der Waals surface area contributed by atoms with Crippen LogP contribution in [-0.2, 0) is 0 Å². The third kappa shape index (κ3) is 4.59. The predicted molar refractivity (Wildman–Crippen MR) is 59.4 cm³/mol. The Morgan fingerprint density at radius 3 is 2.70 bits per heavy atom. The van der Waals surface area contributed by atoms with E-state index >= 15 is 0 Å². The van der Waals surface area contributed by atoms with E-state index in [2.05, 4.69) is 9.73 Å². The zero-order valence-electron chi connectivity index (χ0n) is 9.60. The van der Waals surface area contributed by atoms with E-state index in [0.717, 1.165) is 12.1 Å². The molecule has 1 aromatic carbocycles. The SMILES string of the molecule is NC(=Nc1cccc(OC(F)(F)C(F)F)c1)N[N+](=O)[O-]. The van der Waals surface area contributed by atoms with Crippen molar-refractivity contribution in [2.75, 3.05) is 0 Å². The number of alkyl halides is 4. The first-order valence-electron chi connectivity index (χ1n) is 4.91. The lowest BCUT2D eigenvalue weighted by Gasteiger charge is -2.16. The van der Waals surface area contributed by atoms with E-state index in [9.17, 15) is 27.7 Å². The summed E-state index contributed by atoms with van der Waals surface area (Å²) in [5, 5.41) is 9.07. The quantitative estimate of drug-likeness (QED) is 0.283. The van der Waals surface area contributed by atoms with Gasteiger partial charge in [-0.05, 0) is 12.1 Å². The summed E-state index contributed by atoms with van der Waals surface area (Å²) in [6, 6.07) is 4.29. The molecule has 0 fully saturated rings. The number of hydrazine groups is 1. The highest BCUT2D eigenvalue weighted by Crippen LogP contribution is 2.29. The van der Waals surface area contributed by atoms with Gasteiger partial charge in [-0.25, -0.2) is 15.1 Å². The molecule has 0 saturated carbocycles. The summed E-state index contributed by atoms with van der Waals surface area (Å²) < 4.78 is 53.0. The van der Waals surface area contributed by atoms with Crippen molar-refractivity contribution in [2.24, 2.45) is 10.7 Å². The van der Waals surface area contributed by atoms with Gasteiger partial charge in [0.05, 0.1) is 5.69 Å². The van der Waals surface area contributed by atoms with Crippen molar-refractivity contribution >= 4 is 11.6 Å². The normalized spacial score (nSPS) is 12.3. The molecule has 0 atom stereocenters. The molecule has 1 aromatic rings. The number of nitrogens with zero attached hydrogens (tertiary/aromatic N) is 2. The zero-order valence-corrected chi connectivity index (χ0v) is 9.60. The van der Waals surface area contributed by atoms with Crippen LogP contribution >= 0.6 is 0 Å². The first-order chi connectivity index (χ1) is 9.20. The Bertz CT molecular complexity index is 524. The van der Waals surface area contributed by atoms with Gasteiger partial charge in [0.15, 0.2) is 5.03 Å². The van der Waals surface area contributed by atoms with Crippen molar-refractivity contribution < 1.29 is 27.3 Å². The van der Waals surface area contributed by atoms with Gasteiger partial charge in [-0.2, -0.15) is 17.6 Å². The molecule has 0 unspecified atom stereocenters. The molecule has 0 saturated heterocycles. The molecule has 0 aliphatic heterocycles. The summed E-state index contributed by atoms with van der Waals surface area (Å²) in [6.45, 7) is 0. The van der Waals surface area contributed by atoms with E-state index in [1.165, 1.54) is 17.6 Å². The first kappa shape index (κ1) is 15.5. The molecule has 0 bridgehead atoms. The van der Waals surface area contributed by atoms with Gasteiger partial charge < -0.3 is 10.5 Å². The number of hydrogen-bond acceptors (Lipinski definition) is 4. The first-order valence-corrected chi connectivity index (χ1v) is 4.91. The average molecular weight is 296 g/mol. The van der Waals surface area contributed by atoms with E-state index in [0.29, 0.717) is 0 Å². The van der Waals surface area contributed by atoms with Crippen LogP contribution in [0.15, 0.2) is 29.3 Å². The van der Waals surface area contributed by atoms with E-state index in [1.54, 1.807) is 0 Å². The summed E-state index contributed by atoms with van der Waals surface area (Å²) in [4.78, 5) is 13.5. The largest absolute Gasteiger partial charge is 0.461 e. The molecular weight excluding hydrogens is 288 g/mol.